The first-order valence-corrected chi connectivity index (χ1v) is 17.4. The Morgan fingerprint density at radius 2 is 2.04 bits per heavy atom. The van der Waals surface area contributed by atoms with E-state index in [4.69, 9.17) is 14.2 Å². The number of pyridine rings is 1. The summed E-state index contributed by atoms with van der Waals surface area (Å²) in [6.45, 7) is 3.70. The summed E-state index contributed by atoms with van der Waals surface area (Å²) in [5, 5.41) is 0.812. The molecule has 4 heterocycles. The molecule has 2 aliphatic heterocycles. The van der Waals surface area contributed by atoms with Crippen molar-refractivity contribution in [3.05, 3.63) is 51.8 Å². The third kappa shape index (κ3) is 5.93. The molecule has 238 valence electrons. The van der Waals surface area contributed by atoms with Crippen LogP contribution >= 0.6 is 0 Å². The molecule has 0 bridgehead atoms. The van der Waals surface area contributed by atoms with Gasteiger partial charge in [-0.3, -0.25) is 4.90 Å². The zero-order valence-electron chi connectivity index (χ0n) is 25.9. The van der Waals surface area contributed by atoms with E-state index in [1.807, 2.05) is 6.92 Å². The van der Waals surface area contributed by atoms with Crippen LogP contribution in [0.5, 0.6) is 11.8 Å². The number of aromatic nitrogens is 3. The van der Waals surface area contributed by atoms with E-state index in [1.165, 1.54) is 19.2 Å². The first kappa shape index (κ1) is 32.5. The number of aromatic amines is 1. The third-order valence-electron chi connectivity index (χ3n) is 8.76. The standard InChI is InChI=1S/C33H33F3N5O4.Tl/c1-5-11-40(3)30-26-29(38-32(39-30)44-17-33-10-7-12-41(33)16-20(34)15-33)27(36)28(37-31(26)42)23-14-21(45-18-43-4)13-19-8-9-24(35)22(6-2)25(19)23;/h8-9,13-14,20H,5,7,10-12,15-18H2,1,3-4H3,(H,37,42);/t20-,33+;/m1./s1. The molecule has 0 spiro atoms. The Kier molecular flexibility index (Phi) is 9.45. The van der Waals surface area contributed by atoms with Gasteiger partial charge >= 0.3 is 214 Å². The fraction of sp³-hybridized carbons (Fsp3) is 0.424. The van der Waals surface area contributed by atoms with Crippen LogP contribution in [0, 0.1) is 21.0 Å². The minimum absolute atomic E-state index is 0.0436. The van der Waals surface area contributed by atoms with Gasteiger partial charge in [0.05, 0.1) is 5.54 Å². The average molecular weight is 825 g/mol. The molecule has 2 aromatic heterocycles. The Labute approximate surface area is 280 Å². The first-order valence-electron chi connectivity index (χ1n) is 15.2. The van der Waals surface area contributed by atoms with Crippen LogP contribution < -0.4 is 19.9 Å². The van der Waals surface area contributed by atoms with Crippen LogP contribution in [-0.4, -0.2) is 105 Å². The molecule has 0 amide bonds. The van der Waals surface area contributed by atoms with Crippen LogP contribution in [0.2, 0.25) is 0 Å². The maximum absolute atomic E-state index is 16.9. The molecular weight excluding hydrogens is 792 g/mol. The molecule has 13 heteroatoms. The topological polar surface area (TPSA) is 92.8 Å². The minimum atomic E-state index is -0.945. The van der Waals surface area contributed by atoms with Gasteiger partial charge in [-0.15, -0.1) is 0 Å². The van der Waals surface area contributed by atoms with E-state index in [2.05, 4.69) is 29.3 Å². The summed E-state index contributed by atoms with van der Waals surface area (Å²) in [5.74, 6) is 1.97. The van der Waals surface area contributed by atoms with Crippen LogP contribution in [0.15, 0.2) is 29.1 Å². The number of hydrogen-bond donors (Lipinski definition) is 1. The second-order valence-corrected chi connectivity index (χ2v) is 12.9. The van der Waals surface area contributed by atoms with Crippen LogP contribution in [0.1, 0.15) is 38.2 Å². The number of ether oxygens (including phenoxy) is 3. The van der Waals surface area contributed by atoms with Gasteiger partial charge in [0.1, 0.15) is 6.17 Å². The van der Waals surface area contributed by atoms with Crippen LogP contribution in [0.3, 0.4) is 0 Å². The number of hydrogen-bond acceptors (Lipinski definition) is 8. The monoisotopic (exact) mass is 825 g/mol. The van der Waals surface area contributed by atoms with Crippen molar-refractivity contribution >= 4 is 53.3 Å². The van der Waals surface area contributed by atoms with Crippen LogP contribution in [-0.2, 0) is 4.74 Å². The zero-order chi connectivity index (χ0) is 32.6. The SMILES string of the molecule is CCCN(C)c1nc(OC[C@@]23CCCN2C[C@H](F)C3)nc2c(F)c(-c3cc(OCOC)cc4ccc(F)c(C#[C][Tl])c34)[nH]c(=O)c12. The van der Waals surface area contributed by atoms with Crippen molar-refractivity contribution in [3.63, 3.8) is 0 Å². The first-order chi connectivity index (χ1) is 22.2. The summed E-state index contributed by atoms with van der Waals surface area (Å²) in [6.07, 6.45) is 1.85. The van der Waals surface area contributed by atoms with Gasteiger partial charge in [-0.05, 0) is 25.8 Å². The molecule has 9 nitrogen and oxygen atoms in total. The number of rotatable bonds is 10. The predicted molar refractivity (Wildman–Crippen MR) is 170 cm³/mol. The molecule has 0 unspecified atom stereocenters. The maximum atomic E-state index is 16.9. The van der Waals surface area contributed by atoms with Gasteiger partial charge < -0.3 is 0 Å². The number of anilines is 1. The Morgan fingerprint density at radius 1 is 1.22 bits per heavy atom. The Hall–Kier alpha value is -3.42. The van der Waals surface area contributed by atoms with E-state index in [0.29, 0.717) is 36.0 Å². The zero-order valence-corrected chi connectivity index (χ0v) is 30.4. The van der Waals surface area contributed by atoms with E-state index in [-0.39, 0.29) is 78.7 Å². The fourth-order valence-electron chi connectivity index (χ4n) is 6.78. The summed E-state index contributed by atoms with van der Waals surface area (Å²) in [4.78, 5) is 29.4. The van der Waals surface area contributed by atoms with E-state index in [1.54, 1.807) is 24.1 Å². The van der Waals surface area contributed by atoms with Crippen molar-refractivity contribution in [3.8, 4) is 32.4 Å². The van der Waals surface area contributed by atoms with Crippen molar-refractivity contribution in [1.82, 2.24) is 19.9 Å². The number of nitrogens with zero attached hydrogens (tertiary/aromatic N) is 4. The summed E-state index contributed by atoms with van der Waals surface area (Å²) in [6, 6.07) is 5.93. The molecule has 2 aromatic carbocycles. The van der Waals surface area contributed by atoms with Gasteiger partial charge in [0.15, 0.2) is 0 Å². The van der Waals surface area contributed by atoms with Gasteiger partial charge in [0, 0.05) is 13.0 Å². The van der Waals surface area contributed by atoms with Gasteiger partial charge in [0.2, 0.25) is 0 Å². The number of benzene rings is 2. The molecule has 2 saturated heterocycles. The molecule has 0 aliphatic carbocycles. The molecule has 4 aromatic rings. The van der Waals surface area contributed by atoms with E-state index in [9.17, 15) is 9.18 Å². The predicted octanol–water partition coefficient (Wildman–Crippen LogP) is 4.68. The summed E-state index contributed by atoms with van der Waals surface area (Å²) < 4.78 is 66.2. The number of H-pyrrole nitrogens is 1. The summed E-state index contributed by atoms with van der Waals surface area (Å²) in [7, 11) is 3.23. The van der Waals surface area contributed by atoms with Crippen molar-refractivity contribution in [2.45, 2.75) is 44.3 Å². The molecule has 0 radical (unpaired) electrons. The quantitative estimate of drug-likeness (QED) is 0.140. The number of methoxy groups -OCH3 is 1. The Morgan fingerprint density at radius 3 is 2.80 bits per heavy atom. The Balaban J connectivity index is 1.56. The third-order valence-corrected chi connectivity index (χ3v) is 9.33. The molecule has 1 N–H and O–H groups in total. The number of alkyl halides is 1. The molecule has 2 aliphatic rings. The van der Waals surface area contributed by atoms with E-state index < -0.39 is 28.9 Å². The molecular formula is C33H33F3N5O4Tl. The molecule has 0 saturated carbocycles. The summed E-state index contributed by atoms with van der Waals surface area (Å²) in [5.41, 5.74) is -1.30. The number of nitrogens with one attached hydrogen (secondary N) is 1. The number of halogens is 3. The van der Waals surface area contributed by atoms with E-state index >= 15 is 8.78 Å². The van der Waals surface area contributed by atoms with Crippen LogP contribution in [0.4, 0.5) is 19.0 Å². The summed E-state index contributed by atoms with van der Waals surface area (Å²) >= 11 is 0.272. The second-order valence-electron chi connectivity index (χ2n) is 11.8. The van der Waals surface area contributed by atoms with Crippen LogP contribution in [0.25, 0.3) is 32.9 Å². The second kappa shape index (κ2) is 13.4. The number of fused-ring (bicyclic) bond motifs is 3. The fourth-order valence-corrected chi connectivity index (χ4v) is 7.34. The molecule has 2 fully saturated rings. The van der Waals surface area contributed by atoms with E-state index in [0.717, 1.165) is 25.8 Å². The van der Waals surface area contributed by atoms with Crippen molar-refractivity contribution in [1.29, 1.82) is 0 Å². The van der Waals surface area contributed by atoms with Gasteiger partial charge in [-0.25, -0.2) is 4.39 Å². The van der Waals surface area contributed by atoms with Crippen molar-refractivity contribution < 1.29 is 27.4 Å². The average Bonchev–Trinajstić information content (AvgIpc) is 3.57. The molecule has 6 rings (SSSR count). The molecule has 2 atom stereocenters. The normalized spacial score (nSPS) is 19.3. The van der Waals surface area contributed by atoms with Gasteiger partial charge in [0.25, 0.3) is 0 Å². The van der Waals surface area contributed by atoms with Crippen molar-refractivity contribution in [2.24, 2.45) is 0 Å². The Bertz CT molecular complexity index is 1930. The molecule has 46 heavy (non-hydrogen) atoms. The van der Waals surface area contributed by atoms with Crippen molar-refractivity contribution in [2.75, 3.05) is 52.1 Å². The van der Waals surface area contributed by atoms with Gasteiger partial charge in [-0.2, -0.15) is 0 Å². The van der Waals surface area contributed by atoms with Gasteiger partial charge in [-0.1, -0.05) is 6.92 Å².